The number of aliphatic carboxylic acids is 1. The topological polar surface area (TPSA) is 116 Å². The van der Waals surface area contributed by atoms with Crippen molar-refractivity contribution < 1.29 is 24.3 Å². The summed E-state index contributed by atoms with van der Waals surface area (Å²) in [5, 5.41) is 14.4. The zero-order chi connectivity index (χ0) is 23.3. The molecule has 3 N–H and O–H groups in total. The molecule has 2 aromatic carbocycles. The summed E-state index contributed by atoms with van der Waals surface area (Å²) in [6.07, 6.45) is 1.10. The van der Waals surface area contributed by atoms with E-state index in [1.54, 1.807) is 26.0 Å². The van der Waals surface area contributed by atoms with Gasteiger partial charge in [-0.1, -0.05) is 48.5 Å². The Hall–Kier alpha value is -2.94. The predicted octanol–water partition coefficient (Wildman–Crippen LogP) is 2.22. The maximum atomic E-state index is 12.7. The van der Waals surface area contributed by atoms with Crippen molar-refractivity contribution in [2.45, 2.75) is 32.4 Å². The number of benzene rings is 2. The molecule has 0 fully saturated rings. The summed E-state index contributed by atoms with van der Waals surface area (Å²) in [6.45, 7) is 3.70. The van der Waals surface area contributed by atoms with Gasteiger partial charge in [-0.15, -0.1) is 0 Å². The van der Waals surface area contributed by atoms with Gasteiger partial charge in [0.05, 0.1) is 12.5 Å². The summed E-state index contributed by atoms with van der Waals surface area (Å²) in [5.41, 5.74) is 2.77. The van der Waals surface area contributed by atoms with Crippen LogP contribution in [0, 0.1) is 0 Å². The van der Waals surface area contributed by atoms with Crippen molar-refractivity contribution in [3.63, 3.8) is 0 Å². The fourth-order valence-electron chi connectivity index (χ4n) is 3.56. The molecule has 0 aromatic heterocycles. The Labute approximate surface area is 214 Å². The van der Waals surface area contributed by atoms with Gasteiger partial charge in [-0.25, -0.2) is 4.79 Å². The van der Waals surface area contributed by atoms with E-state index in [1.165, 1.54) is 11.1 Å². The van der Waals surface area contributed by atoms with Crippen LogP contribution in [0.2, 0.25) is 0 Å². The molecule has 9 heteroatoms. The van der Waals surface area contributed by atoms with Gasteiger partial charge in [-0.3, -0.25) is 14.4 Å². The molecule has 2 aromatic rings. The van der Waals surface area contributed by atoms with Gasteiger partial charge in [0.15, 0.2) is 11.8 Å². The number of carbonyl (C=O) groups excluding carboxylic acids is 3. The molecule has 0 saturated carbocycles. The Morgan fingerprint density at radius 3 is 2.36 bits per heavy atom. The summed E-state index contributed by atoms with van der Waals surface area (Å²) in [7, 11) is 0. The number of carbonyl (C=O) groups is 4. The molecule has 0 saturated heterocycles. The molecule has 1 aliphatic rings. The van der Waals surface area contributed by atoms with Crippen LogP contribution in [0.25, 0.3) is 11.1 Å². The van der Waals surface area contributed by atoms with E-state index in [4.69, 9.17) is 0 Å². The number of Topliss-reactive ketones (excluding diaryl/α,β-unsaturated/α-hetero) is 1. The van der Waals surface area contributed by atoms with Gasteiger partial charge in [0.2, 0.25) is 0 Å². The molecule has 0 aliphatic carbocycles. The number of rotatable bonds is 7. The van der Waals surface area contributed by atoms with E-state index >= 15 is 0 Å². The summed E-state index contributed by atoms with van der Waals surface area (Å²) in [5.74, 6) is -2.11. The zero-order valence-electron chi connectivity index (χ0n) is 17.9. The molecule has 0 spiro atoms. The quantitative estimate of drug-likeness (QED) is 0.434. The van der Waals surface area contributed by atoms with Crippen molar-refractivity contribution in [1.82, 2.24) is 15.5 Å². The van der Waals surface area contributed by atoms with Crippen LogP contribution in [0.1, 0.15) is 31.9 Å². The number of amides is 3. The second-order valence-electron chi connectivity index (χ2n) is 7.49. The van der Waals surface area contributed by atoms with Crippen molar-refractivity contribution in [1.29, 1.82) is 0 Å². The van der Waals surface area contributed by atoms with E-state index in [-0.39, 0.29) is 36.0 Å². The second-order valence-corrected chi connectivity index (χ2v) is 7.49. The molecule has 0 bridgehead atoms. The van der Waals surface area contributed by atoms with Crippen molar-refractivity contribution in [2.75, 3.05) is 6.54 Å². The van der Waals surface area contributed by atoms with Gasteiger partial charge < -0.3 is 20.6 Å². The first kappa shape index (κ1) is 26.3. The van der Waals surface area contributed by atoms with Crippen molar-refractivity contribution in [3.8, 4) is 11.1 Å². The van der Waals surface area contributed by atoms with Crippen LogP contribution >= 0.6 is 0 Å². The molecule has 1 heterocycles. The summed E-state index contributed by atoms with van der Waals surface area (Å²) in [6, 6.07) is 13.8. The number of hydrogen-bond donors (Lipinski definition) is 3. The number of carboxylic acid groups (broad SMARTS) is 1. The van der Waals surface area contributed by atoms with Crippen LogP contribution in [0.15, 0.2) is 66.4 Å². The minimum atomic E-state index is -1.35. The number of nitrogens with one attached hydrogen (secondary N) is 2. The molecule has 0 radical (unpaired) electrons. The fourth-order valence-corrected chi connectivity index (χ4v) is 3.56. The summed E-state index contributed by atoms with van der Waals surface area (Å²) < 4.78 is 0. The van der Waals surface area contributed by atoms with E-state index in [0.717, 1.165) is 11.1 Å². The average Bonchev–Trinajstić information content (AvgIpc) is 2.79. The number of hydrogen-bond acceptors (Lipinski definition) is 4. The van der Waals surface area contributed by atoms with Crippen molar-refractivity contribution >= 4 is 53.2 Å². The van der Waals surface area contributed by atoms with Crippen LogP contribution in [0.4, 0.5) is 4.79 Å². The number of urea groups is 1. The molecule has 2 atom stereocenters. The zero-order valence-corrected chi connectivity index (χ0v) is 17.9. The number of carboxylic acids is 1. The normalized spacial score (nSPS) is 16.4. The first-order valence-corrected chi connectivity index (χ1v) is 10.3. The Balaban J connectivity index is 0.00000385. The fraction of sp³-hybridized carbons (Fsp3) is 0.250. The van der Waals surface area contributed by atoms with Crippen LogP contribution in [-0.2, 0) is 14.4 Å². The van der Waals surface area contributed by atoms with Gasteiger partial charge in [-0.2, -0.15) is 0 Å². The number of ketones is 1. The standard InChI is InChI=1S/C24H25N3O5.Na.H/c1-3-27-14-15(2)22(30)21(23(27)31)26-24(32)25-19(13-20(28)29)18-11-7-10-17(12-18)16-8-5-4-6-9-16;;/h4-12,14,19,21H,3,13H2,1-2H3,(H,28,29)(H2,25,26,32);;/t19-,21?;;/m0../s1. The molecule has 33 heavy (non-hydrogen) atoms. The number of likely N-dealkylation sites (N-methyl/N-ethyl adjacent to an activating group) is 1. The number of nitrogens with zero attached hydrogens (tertiary/aromatic N) is 1. The van der Waals surface area contributed by atoms with E-state index in [0.29, 0.717) is 17.7 Å². The monoisotopic (exact) mass is 459 g/mol. The molecule has 3 amide bonds. The van der Waals surface area contributed by atoms with Crippen LogP contribution in [-0.4, -0.2) is 75.8 Å². The molecule has 1 aliphatic heterocycles. The first-order chi connectivity index (χ1) is 15.3. The van der Waals surface area contributed by atoms with Crippen molar-refractivity contribution in [3.05, 3.63) is 71.9 Å². The molecule has 3 rings (SSSR count). The Kier molecular flexibility index (Phi) is 9.40. The minimum absolute atomic E-state index is 0. The third kappa shape index (κ3) is 6.54. The van der Waals surface area contributed by atoms with Crippen LogP contribution < -0.4 is 10.6 Å². The molecule has 168 valence electrons. The van der Waals surface area contributed by atoms with Gasteiger partial charge in [0, 0.05) is 18.3 Å². The molecular formula is C24H26N3NaO5. The Morgan fingerprint density at radius 1 is 1.06 bits per heavy atom. The first-order valence-electron chi connectivity index (χ1n) is 10.3. The van der Waals surface area contributed by atoms with E-state index in [2.05, 4.69) is 10.6 Å². The van der Waals surface area contributed by atoms with Gasteiger partial charge in [0.25, 0.3) is 5.91 Å². The second kappa shape index (κ2) is 11.8. The molecular weight excluding hydrogens is 433 g/mol. The average molecular weight is 459 g/mol. The van der Waals surface area contributed by atoms with Gasteiger partial charge in [0.1, 0.15) is 0 Å². The Bertz CT molecular complexity index is 1070. The third-order valence-electron chi connectivity index (χ3n) is 5.23. The maximum absolute atomic E-state index is 12.7. The summed E-state index contributed by atoms with van der Waals surface area (Å²) >= 11 is 0. The van der Waals surface area contributed by atoms with E-state index in [9.17, 15) is 24.3 Å². The van der Waals surface area contributed by atoms with Gasteiger partial charge in [-0.05, 0) is 36.6 Å². The van der Waals surface area contributed by atoms with Crippen LogP contribution in [0.5, 0.6) is 0 Å². The van der Waals surface area contributed by atoms with Gasteiger partial charge >= 0.3 is 41.6 Å². The van der Waals surface area contributed by atoms with Crippen LogP contribution in [0.3, 0.4) is 0 Å². The Morgan fingerprint density at radius 2 is 1.73 bits per heavy atom. The molecule has 8 nitrogen and oxygen atoms in total. The SMILES string of the molecule is CCN1C=C(C)C(=O)C(NC(=O)N[C@@H](CC(=O)O)c2cccc(-c3ccccc3)c2)C1=O.[NaH]. The summed E-state index contributed by atoms with van der Waals surface area (Å²) in [4.78, 5) is 50.4. The van der Waals surface area contributed by atoms with E-state index in [1.807, 2.05) is 42.5 Å². The predicted molar refractivity (Wildman–Crippen MR) is 126 cm³/mol. The van der Waals surface area contributed by atoms with Crippen molar-refractivity contribution in [2.24, 2.45) is 0 Å². The molecule has 1 unspecified atom stereocenters. The third-order valence-corrected chi connectivity index (χ3v) is 5.23. The van der Waals surface area contributed by atoms with E-state index < -0.39 is 35.8 Å².